The zero-order valence-corrected chi connectivity index (χ0v) is 31.6. The van der Waals surface area contributed by atoms with E-state index < -0.39 is 42.3 Å². The van der Waals surface area contributed by atoms with Gasteiger partial charge in [0, 0.05) is 11.1 Å². The molecule has 21 heteroatoms. The van der Waals surface area contributed by atoms with Gasteiger partial charge in [0.15, 0.2) is 24.6 Å². The van der Waals surface area contributed by atoms with Crippen molar-refractivity contribution in [3.8, 4) is 45.4 Å². The average molecular weight is 849 g/mol. The minimum absolute atomic E-state index is 0. The van der Waals surface area contributed by atoms with Gasteiger partial charge < -0.3 is 30.3 Å². The first-order chi connectivity index (χ1) is 26.0. The quantitative estimate of drug-likeness (QED) is 0.107. The third kappa shape index (κ3) is 12.3. The molecule has 4 N–H and O–H groups in total. The van der Waals surface area contributed by atoms with Gasteiger partial charge in [0.05, 0.1) is 39.9 Å². The van der Waals surface area contributed by atoms with Crippen LogP contribution in [-0.4, -0.2) is 67.9 Å². The van der Waals surface area contributed by atoms with Crippen molar-refractivity contribution in [1.29, 1.82) is 0 Å². The number of benzene rings is 4. The topological polar surface area (TPSA) is 179 Å². The van der Waals surface area contributed by atoms with Crippen molar-refractivity contribution in [3.63, 3.8) is 0 Å². The van der Waals surface area contributed by atoms with E-state index >= 15 is 0 Å². The van der Waals surface area contributed by atoms with Gasteiger partial charge in [-0.3, -0.25) is 0 Å². The summed E-state index contributed by atoms with van der Waals surface area (Å²) in [7, 11) is 1.23. The Morgan fingerprint density at radius 2 is 1.05 bits per heavy atom. The molecule has 12 nitrogen and oxygen atoms in total. The molecule has 58 heavy (non-hydrogen) atoms. The number of aromatic nitrogens is 4. The van der Waals surface area contributed by atoms with Crippen molar-refractivity contribution in [2.45, 2.75) is 12.4 Å². The number of carboxylic acid groups (broad SMARTS) is 1. The maximum absolute atomic E-state index is 13.3. The molecule has 0 aliphatic rings. The van der Waals surface area contributed by atoms with E-state index in [0.29, 0.717) is 22.6 Å². The van der Waals surface area contributed by atoms with Gasteiger partial charge in [-0.15, -0.1) is 0 Å². The number of methoxy groups -OCH3 is 1. The molecule has 0 amide bonds. The van der Waals surface area contributed by atoms with Crippen molar-refractivity contribution < 1.29 is 85.1 Å². The molecule has 0 bridgehead atoms. The van der Waals surface area contributed by atoms with E-state index in [1.807, 2.05) is 0 Å². The molecule has 0 atom stereocenters. The van der Waals surface area contributed by atoms with Gasteiger partial charge in [-0.1, -0.05) is 71.7 Å². The van der Waals surface area contributed by atoms with Gasteiger partial charge >= 0.3 is 43.2 Å². The molecule has 0 radical (unpaired) electrons. The fourth-order valence-electron chi connectivity index (χ4n) is 4.90. The molecule has 2 heterocycles. The number of rotatable bonds is 10. The predicted octanol–water partition coefficient (Wildman–Crippen LogP) is 5.44. The molecular weight excluding hydrogens is 820 g/mol. The fourth-order valence-corrected chi connectivity index (χ4v) is 5.33. The normalized spacial score (nSPS) is 10.8. The molecule has 0 saturated heterocycles. The molecule has 0 aliphatic carbocycles. The van der Waals surface area contributed by atoms with Gasteiger partial charge in [-0.25, -0.2) is 19.0 Å². The summed E-state index contributed by atoms with van der Waals surface area (Å²) in [6, 6.07) is 27.0. The van der Waals surface area contributed by atoms with Crippen molar-refractivity contribution in [1.82, 2.24) is 19.6 Å². The predicted molar refractivity (Wildman–Crippen MR) is 194 cm³/mol. The van der Waals surface area contributed by atoms with E-state index in [9.17, 15) is 35.9 Å². The Hall–Kier alpha value is -5.48. The minimum atomic E-state index is -4.64. The van der Waals surface area contributed by atoms with Crippen LogP contribution in [0.2, 0.25) is 10.0 Å². The van der Waals surface area contributed by atoms with E-state index in [0.717, 1.165) is 21.5 Å². The monoisotopic (exact) mass is 848 g/mol. The van der Waals surface area contributed by atoms with Crippen molar-refractivity contribution in [3.05, 3.63) is 131 Å². The van der Waals surface area contributed by atoms with Gasteiger partial charge in [0.2, 0.25) is 0 Å². The number of aliphatic carboxylic acids is 1. The van der Waals surface area contributed by atoms with Crippen LogP contribution in [0.1, 0.15) is 11.4 Å². The first-order valence-electron chi connectivity index (χ1n) is 15.6. The van der Waals surface area contributed by atoms with Gasteiger partial charge in [-0.2, -0.15) is 36.5 Å². The van der Waals surface area contributed by atoms with Crippen LogP contribution < -0.4 is 28.3 Å². The Labute approximate surface area is 347 Å². The number of hydrogen-bond acceptors (Lipinski definition) is 8. The Morgan fingerprint density at radius 3 is 1.41 bits per heavy atom. The third-order valence-corrected chi connectivity index (χ3v) is 8.01. The van der Waals surface area contributed by atoms with E-state index in [1.165, 1.54) is 25.3 Å². The van der Waals surface area contributed by atoms with Crippen molar-refractivity contribution in [2.24, 2.45) is 0 Å². The molecule has 2 aromatic heterocycles. The van der Waals surface area contributed by atoms with Crippen LogP contribution >= 0.6 is 23.2 Å². The standard InChI is InChI=1S/C19H14ClF3N2O3.C18H12ClF3N2O3.Li.2H2O/c1-27-18(26)11-28-13-6-4-5-12(9-13)16-10-17(19(21,22)23)24-25(16)15-8-3-2-7-14(15)20;19-13-6-1-2-7-14(13)24-15(9-16(23-24)18(20,21)22)11-4-3-5-12(8-11)27-10-17(25)26;;;/h2-10H,11H2,1H3;1-9H,10H2,(H,25,26);;2*1H2/q;;+1;;/p-1. The number of carbonyl (C=O) groups is 2. The molecule has 4 aromatic carbocycles. The summed E-state index contributed by atoms with van der Waals surface area (Å²) in [6.07, 6.45) is -9.26. The Balaban J connectivity index is 0.000000381. The van der Waals surface area contributed by atoms with Crippen LogP contribution in [0.25, 0.3) is 33.9 Å². The van der Waals surface area contributed by atoms with E-state index in [1.54, 1.807) is 78.9 Å². The number of esters is 1. The second-order valence-electron chi connectivity index (χ2n) is 11.2. The zero-order chi connectivity index (χ0) is 39.9. The summed E-state index contributed by atoms with van der Waals surface area (Å²) in [5, 5.41) is 16.5. The van der Waals surface area contributed by atoms with Gasteiger partial charge in [-0.05, 0) is 60.7 Å². The summed E-state index contributed by atoms with van der Waals surface area (Å²) in [4.78, 5) is 21.9. The van der Waals surface area contributed by atoms with Crippen LogP contribution in [0.3, 0.4) is 0 Å². The molecule has 0 unspecified atom stereocenters. The van der Waals surface area contributed by atoms with Gasteiger partial charge in [0.1, 0.15) is 11.5 Å². The number of nitrogens with zero attached hydrogens (tertiary/aromatic N) is 4. The number of carbonyl (C=O) groups excluding carboxylic acids is 1. The van der Waals surface area contributed by atoms with Crippen LogP contribution in [-0.2, 0) is 26.7 Å². The molecule has 0 aliphatic heterocycles. The van der Waals surface area contributed by atoms with E-state index in [-0.39, 0.29) is 69.3 Å². The first-order valence-corrected chi connectivity index (χ1v) is 16.4. The molecule has 0 spiro atoms. The number of alkyl halides is 6. The fraction of sp³-hybridized carbons (Fsp3) is 0.135. The zero-order valence-electron chi connectivity index (χ0n) is 30.1. The molecular formula is C37H29Cl2F6LiN4O8. The molecule has 6 aromatic rings. The van der Waals surface area contributed by atoms with Crippen molar-refractivity contribution in [2.75, 3.05) is 20.3 Å². The third-order valence-electron chi connectivity index (χ3n) is 7.37. The molecule has 302 valence electrons. The number of hydrogen-bond donors (Lipinski definition) is 1. The molecule has 6 rings (SSSR count). The number of carboxylic acids is 1. The maximum Gasteiger partial charge on any atom is 1.00 e. The second kappa shape index (κ2) is 20.8. The maximum atomic E-state index is 13.3. The SMILES string of the molecule is COC(=O)COc1cccc(-c2cc(C(F)(F)F)nn2-c2ccccc2Cl)c1.O.O=C(O)COc1cccc(-c2cc(C(F)(F)F)nn2-c2ccccc2Cl)c1.[Li+].[OH-]. The Kier molecular flexibility index (Phi) is 17.4. The van der Waals surface area contributed by atoms with Crippen molar-refractivity contribution >= 4 is 35.1 Å². The molecule has 0 saturated carbocycles. The van der Waals surface area contributed by atoms with Crippen LogP contribution in [0.15, 0.2) is 109 Å². The largest absolute Gasteiger partial charge is 1.00 e. The molecule has 0 fully saturated rings. The average Bonchev–Trinajstić information content (AvgIpc) is 3.81. The number of para-hydroxylation sites is 2. The van der Waals surface area contributed by atoms with E-state index in [4.69, 9.17) is 37.8 Å². The first kappa shape index (κ1) is 48.7. The van der Waals surface area contributed by atoms with Crippen LogP contribution in [0.5, 0.6) is 11.5 Å². The van der Waals surface area contributed by atoms with Crippen LogP contribution in [0.4, 0.5) is 26.3 Å². The second-order valence-corrected chi connectivity index (χ2v) is 12.0. The summed E-state index contributed by atoms with van der Waals surface area (Å²) >= 11 is 12.3. The summed E-state index contributed by atoms with van der Waals surface area (Å²) < 4.78 is 96.5. The Morgan fingerprint density at radius 1 is 0.655 bits per heavy atom. The van der Waals surface area contributed by atoms with Crippen LogP contribution in [0, 0.1) is 0 Å². The number of ether oxygens (including phenoxy) is 3. The smallest absolute Gasteiger partial charge is 0.870 e. The summed E-state index contributed by atoms with van der Waals surface area (Å²) in [5.41, 5.74) is -0.471. The van der Waals surface area contributed by atoms with E-state index in [2.05, 4.69) is 14.9 Å². The number of halogens is 8. The summed E-state index contributed by atoms with van der Waals surface area (Å²) in [6.45, 7) is -0.890. The summed E-state index contributed by atoms with van der Waals surface area (Å²) in [5.74, 6) is -1.24. The minimum Gasteiger partial charge on any atom is -0.870 e. The Bertz CT molecular complexity index is 2320. The van der Waals surface area contributed by atoms with Gasteiger partial charge in [0.25, 0.3) is 0 Å².